The zero-order chi connectivity index (χ0) is 13.7. The fourth-order valence-electron chi connectivity index (χ4n) is 2.58. The number of amides is 1. The molecule has 2 rings (SSSR count). The second-order valence-electron chi connectivity index (χ2n) is 5.50. The summed E-state index contributed by atoms with van der Waals surface area (Å²) >= 11 is 0. The minimum Gasteiger partial charge on any atom is -0.341 e. The summed E-state index contributed by atoms with van der Waals surface area (Å²) in [5.74, 6) is 0.269. The van der Waals surface area contributed by atoms with Gasteiger partial charge in [0.05, 0.1) is 12.4 Å². The summed E-state index contributed by atoms with van der Waals surface area (Å²) in [5.41, 5.74) is 0. The normalized spacial score (nSPS) is 20.3. The lowest BCUT2D eigenvalue weighted by Gasteiger charge is -2.33. The van der Waals surface area contributed by atoms with Crippen LogP contribution in [0, 0.1) is 0 Å². The largest absolute Gasteiger partial charge is 0.341 e. The van der Waals surface area contributed by atoms with Crippen LogP contribution in [-0.4, -0.2) is 45.5 Å². The zero-order valence-corrected chi connectivity index (χ0v) is 11.9. The molecule has 1 aliphatic heterocycles. The average Bonchev–Trinajstić information content (AvgIpc) is 2.86. The summed E-state index contributed by atoms with van der Waals surface area (Å²) < 4.78 is 2.05. The smallest absolute Gasteiger partial charge is 0.239 e. The van der Waals surface area contributed by atoms with Gasteiger partial charge in [0.1, 0.15) is 0 Å². The summed E-state index contributed by atoms with van der Waals surface area (Å²) in [4.78, 5) is 18.3. The van der Waals surface area contributed by atoms with Gasteiger partial charge < -0.3 is 14.8 Å². The molecule has 1 N–H and O–H groups in total. The predicted octanol–water partition coefficient (Wildman–Crippen LogP) is 1.26. The van der Waals surface area contributed by atoms with E-state index in [9.17, 15) is 4.79 Å². The van der Waals surface area contributed by atoms with Gasteiger partial charge in [-0.1, -0.05) is 13.8 Å². The van der Waals surface area contributed by atoms with E-state index in [4.69, 9.17) is 0 Å². The van der Waals surface area contributed by atoms with Gasteiger partial charge in [0.2, 0.25) is 5.91 Å². The number of carbonyl (C=O) groups is 1. The molecular formula is C14H24N4O. The number of aromatic nitrogens is 2. The molecule has 0 radical (unpaired) electrons. The van der Waals surface area contributed by atoms with E-state index in [1.165, 1.54) is 0 Å². The molecular weight excluding hydrogens is 240 g/mol. The van der Waals surface area contributed by atoms with Crippen LogP contribution in [0.4, 0.5) is 0 Å². The Balaban J connectivity index is 1.77. The molecule has 1 amide bonds. The molecule has 0 spiro atoms. The number of piperidine rings is 1. The van der Waals surface area contributed by atoms with Crippen LogP contribution in [0.1, 0.15) is 33.1 Å². The maximum absolute atomic E-state index is 12.3. The Morgan fingerprint density at radius 1 is 1.47 bits per heavy atom. The molecule has 1 atom stereocenters. The number of hydrogen-bond acceptors (Lipinski definition) is 3. The Bertz CT molecular complexity index is 388. The summed E-state index contributed by atoms with van der Waals surface area (Å²) in [6.45, 7) is 6.84. The van der Waals surface area contributed by atoms with Crippen molar-refractivity contribution in [3.05, 3.63) is 18.7 Å². The molecule has 0 saturated carbocycles. The average molecular weight is 264 g/mol. The van der Waals surface area contributed by atoms with E-state index in [0.717, 1.165) is 38.9 Å². The van der Waals surface area contributed by atoms with Crippen molar-refractivity contribution in [3.8, 4) is 0 Å². The first-order valence-corrected chi connectivity index (χ1v) is 7.17. The van der Waals surface area contributed by atoms with Crippen molar-refractivity contribution in [2.75, 3.05) is 13.1 Å². The first-order chi connectivity index (χ1) is 9.16. The molecule has 0 aromatic carbocycles. The molecule has 2 heterocycles. The summed E-state index contributed by atoms with van der Waals surface area (Å²) in [6.07, 6.45) is 8.61. The van der Waals surface area contributed by atoms with E-state index in [1.807, 2.05) is 17.4 Å². The fourth-order valence-corrected chi connectivity index (χ4v) is 2.58. The van der Waals surface area contributed by atoms with Gasteiger partial charge in [-0.3, -0.25) is 4.79 Å². The maximum atomic E-state index is 12.3. The first kappa shape index (κ1) is 14.1. The molecule has 19 heavy (non-hydrogen) atoms. The first-order valence-electron chi connectivity index (χ1n) is 7.17. The number of imidazole rings is 1. The molecule has 1 fully saturated rings. The maximum Gasteiger partial charge on any atom is 0.239 e. The van der Waals surface area contributed by atoms with Gasteiger partial charge in [-0.05, 0) is 19.3 Å². The summed E-state index contributed by atoms with van der Waals surface area (Å²) in [6, 6.07) is 0.377. The lowest BCUT2D eigenvalue weighted by Crippen LogP contribution is -2.52. The standard InChI is InChI=1S/C14H24N4O/c1-12(2)16-13-5-3-8-18(14(13)19)9-4-7-17-10-6-15-11-17/h6,10-13,16H,3-5,7-9H2,1-2H3. The molecule has 0 aliphatic carbocycles. The number of likely N-dealkylation sites (tertiary alicyclic amines) is 1. The molecule has 106 valence electrons. The summed E-state index contributed by atoms with van der Waals surface area (Å²) in [5, 5.41) is 3.36. The van der Waals surface area contributed by atoms with Gasteiger partial charge in [-0.15, -0.1) is 0 Å². The van der Waals surface area contributed by atoms with E-state index < -0.39 is 0 Å². The van der Waals surface area contributed by atoms with Crippen LogP contribution >= 0.6 is 0 Å². The van der Waals surface area contributed by atoms with Crippen LogP contribution in [0.2, 0.25) is 0 Å². The highest BCUT2D eigenvalue weighted by Gasteiger charge is 2.28. The number of nitrogens with zero attached hydrogens (tertiary/aromatic N) is 3. The molecule has 5 heteroatoms. The van der Waals surface area contributed by atoms with Crippen LogP contribution < -0.4 is 5.32 Å². The third-order valence-corrected chi connectivity index (χ3v) is 3.47. The highest BCUT2D eigenvalue weighted by atomic mass is 16.2. The predicted molar refractivity (Wildman–Crippen MR) is 74.7 cm³/mol. The van der Waals surface area contributed by atoms with Crippen molar-refractivity contribution in [3.63, 3.8) is 0 Å². The highest BCUT2D eigenvalue weighted by molar-refractivity contribution is 5.82. The fraction of sp³-hybridized carbons (Fsp3) is 0.714. The van der Waals surface area contributed by atoms with Crippen molar-refractivity contribution in [1.29, 1.82) is 0 Å². The second kappa shape index (κ2) is 6.70. The Kier molecular flexibility index (Phi) is 4.96. The van der Waals surface area contributed by atoms with Gasteiger partial charge in [0, 0.05) is 38.1 Å². The number of nitrogens with one attached hydrogen (secondary N) is 1. The van der Waals surface area contributed by atoms with Crippen LogP contribution in [0.15, 0.2) is 18.7 Å². The van der Waals surface area contributed by atoms with Crippen LogP contribution in [0.3, 0.4) is 0 Å². The number of aryl methyl sites for hydroxylation is 1. The number of hydrogen-bond donors (Lipinski definition) is 1. The van der Waals surface area contributed by atoms with Crippen LogP contribution in [0.5, 0.6) is 0 Å². The lowest BCUT2D eigenvalue weighted by atomic mass is 10.0. The van der Waals surface area contributed by atoms with E-state index in [1.54, 1.807) is 6.20 Å². The van der Waals surface area contributed by atoms with Crippen LogP contribution in [0.25, 0.3) is 0 Å². The molecule has 1 saturated heterocycles. The minimum atomic E-state index is 0.0157. The van der Waals surface area contributed by atoms with E-state index >= 15 is 0 Å². The topological polar surface area (TPSA) is 50.2 Å². The van der Waals surface area contributed by atoms with Crippen LogP contribution in [-0.2, 0) is 11.3 Å². The Morgan fingerprint density at radius 3 is 3.00 bits per heavy atom. The molecule has 1 aliphatic rings. The van der Waals surface area contributed by atoms with Gasteiger partial charge in [-0.25, -0.2) is 4.98 Å². The quantitative estimate of drug-likeness (QED) is 0.841. The van der Waals surface area contributed by atoms with Gasteiger partial charge in [-0.2, -0.15) is 0 Å². The van der Waals surface area contributed by atoms with Crippen molar-refractivity contribution in [1.82, 2.24) is 19.8 Å². The molecule has 1 unspecified atom stereocenters. The SMILES string of the molecule is CC(C)NC1CCCN(CCCn2ccnc2)C1=O. The van der Waals surface area contributed by atoms with Crippen molar-refractivity contribution in [2.45, 2.75) is 51.7 Å². The molecule has 1 aromatic heterocycles. The summed E-state index contributed by atoms with van der Waals surface area (Å²) in [7, 11) is 0. The van der Waals surface area contributed by atoms with Crippen molar-refractivity contribution < 1.29 is 4.79 Å². The number of carbonyl (C=O) groups excluding carboxylic acids is 1. The Morgan fingerprint density at radius 2 is 2.32 bits per heavy atom. The van der Waals surface area contributed by atoms with E-state index in [0.29, 0.717) is 6.04 Å². The van der Waals surface area contributed by atoms with E-state index in [2.05, 4.69) is 28.7 Å². The zero-order valence-electron chi connectivity index (χ0n) is 11.9. The highest BCUT2D eigenvalue weighted by Crippen LogP contribution is 2.13. The van der Waals surface area contributed by atoms with Crippen molar-refractivity contribution in [2.24, 2.45) is 0 Å². The van der Waals surface area contributed by atoms with Gasteiger partial charge in [0.15, 0.2) is 0 Å². The third kappa shape index (κ3) is 4.06. The Labute approximate surface area is 115 Å². The Hall–Kier alpha value is -1.36. The molecule has 5 nitrogen and oxygen atoms in total. The third-order valence-electron chi connectivity index (χ3n) is 3.47. The van der Waals surface area contributed by atoms with Gasteiger partial charge >= 0.3 is 0 Å². The van der Waals surface area contributed by atoms with Crippen molar-refractivity contribution >= 4 is 5.91 Å². The minimum absolute atomic E-state index is 0.0157. The second-order valence-corrected chi connectivity index (χ2v) is 5.50. The number of rotatable bonds is 6. The monoisotopic (exact) mass is 264 g/mol. The molecule has 0 bridgehead atoms. The van der Waals surface area contributed by atoms with E-state index in [-0.39, 0.29) is 11.9 Å². The van der Waals surface area contributed by atoms with Gasteiger partial charge in [0.25, 0.3) is 0 Å². The molecule has 1 aromatic rings. The lowest BCUT2D eigenvalue weighted by molar-refractivity contribution is -0.136.